The van der Waals surface area contributed by atoms with Gasteiger partial charge in [-0.2, -0.15) is 0 Å². The van der Waals surface area contributed by atoms with Crippen molar-refractivity contribution < 1.29 is 13.5 Å². The third-order valence-corrected chi connectivity index (χ3v) is 4.86. The Labute approximate surface area is 117 Å². The van der Waals surface area contributed by atoms with Crippen molar-refractivity contribution in [2.45, 2.75) is 36.1 Å². The van der Waals surface area contributed by atoms with E-state index in [2.05, 4.69) is 20.7 Å². The molecule has 1 atom stereocenters. The van der Waals surface area contributed by atoms with Gasteiger partial charge in [0.2, 0.25) is 10.0 Å². The van der Waals surface area contributed by atoms with E-state index in [1.807, 2.05) is 0 Å². The van der Waals surface area contributed by atoms with E-state index in [0.717, 1.165) is 5.56 Å². The number of rotatable bonds is 6. The highest BCUT2D eigenvalue weighted by Gasteiger charge is 2.22. The number of hydrogen-bond donors (Lipinski definition) is 2. The van der Waals surface area contributed by atoms with E-state index < -0.39 is 15.6 Å². The molecular formula is C12H18BrNO3S. The van der Waals surface area contributed by atoms with Crippen LogP contribution in [-0.2, 0) is 15.4 Å². The molecule has 18 heavy (non-hydrogen) atoms. The van der Waals surface area contributed by atoms with Crippen LogP contribution >= 0.6 is 15.9 Å². The molecule has 6 heteroatoms. The zero-order valence-corrected chi connectivity index (χ0v) is 12.9. The van der Waals surface area contributed by atoms with Crippen molar-refractivity contribution in [3.05, 3.63) is 29.8 Å². The van der Waals surface area contributed by atoms with Gasteiger partial charge in [0.25, 0.3) is 0 Å². The topological polar surface area (TPSA) is 66.4 Å². The standard InChI is InChI=1S/C12H18BrNO3S/c1-3-12(2,15)9-14-18(16,17)11-6-4-10(8-13)5-7-11/h4-7,14-15H,3,8-9H2,1-2H3. The fourth-order valence-electron chi connectivity index (χ4n) is 1.22. The van der Waals surface area contributed by atoms with Gasteiger partial charge < -0.3 is 5.11 Å². The second-order valence-electron chi connectivity index (χ2n) is 4.45. The van der Waals surface area contributed by atoms with Crippen molar-refractivity contribution in [3.8, 4) is 0 Å². The average molecular weight is 336 g/mol. The Morgan fingerprint density at radius 3 is 2.33 bits per heavy atom. The molecule has 0 aliphatic carbocycles. The average Bonchev–Trinajstić information content (AvgIpc) is 2.37. The lowest BCUT2D eigenvalue weighted by molar-refractivity contribution is 0.0613. The van der Waals surface area contributed by atoms with Crippen LogP contribution in [0.1, 0.15) is 25.8 Å². The first-order valence-corrected chi connectivity index (χ1v) is 8.28. The van der Waals surface area contributed by atoms with E-state index in [9.17, 15) is 13.5 Å². The minimum Gasteiger partial charge on any atom is -0.389 e. The van der Waals surface area contributed by atoms with E-state index in [1.165, 1.54) is 0 Å². The van der Waals surface area contributed by atoms with Gasteiger partial charge in [-0.25, -0.2) is 13.1 Å². The van der Waals surface area contributed by atoms with Crippen LogP contribution < -0.4 is 4.72 Å². The van der Waals surface area contributed by atoms with Crippen LogP contribution in [0.2, 0.25) is 0 Å². The molecule has 1 aromatic carbocycles. The molecule has 1 rings (SSSR count). The third kappa shape index (κ3) is 4.35. The first-order chi connectivity index (χ1) is 8.30. The van der Waals surface area contributed by atoms with Crippen LogP contribution in [0.15, 0.2) is 29.2 Å². The van der Waals surface area contributed by atoms with Crippen LogP contribution in [0.4, 0.5) is 0 Å². The van der Waals surface area contributed by atoms with Gasteiger partial charge in [0.15, 0.2) is 0 Å². The SMILES string of the molecule is CCC(C)(O)CNS(=O)(=O)c1ccc(CBr)cc1. The third-order valence-electron chi connectivity index (χ3n) is 2.79. The Hall–Kier alpha value is -0.430. The molecule has 0 heterocycles. The van der Waals surface area contributed by atoms with E-state index in [0.29, 0.717) is 11.8 Å². The van der Waals surface area contributed by atoms with Gasteiger partial charge in [0.1, 0.15) is 0 Å². The summed E-state index contributed by atoms with van der Waals surface area (Å²) in [6.07, 6.45) is 0.484. The highest BCUT2D eigenvalue weighted by Crippen LogP contribution is 2.14. The maximum Gasteiger partial charge on any atom is 0.240 e. The lowest BCUT2D eigenvalue weighted by Crippen LogP contribution is -2.40. The van der Waals surface area contributed by atoms with Crippen molar-refractivity contribution in [1.82, 2.24) is 4.72 Å². The molecule has 1 unspecified atom stereocenters. The fraction of sp³-hybridized carbons (Fsp3) is 0.500. The number of sulfonamides is 1. The first-order valence-electron chi connectivity index (χ1n) is 5.68. The molecule has 0 bridgehead atoms. The maximum atomic E-state index is 12.0. The Balaban J connectivity index is 2.80. The van der Waals surface area contributed by atoms with Crippen LogP contribution in [0.3, 0.4) is 0 Å². The van der Waals surface area contributed by atoms with E-state index in [-0.39, 0.29) is 11.4 Å². The summed E-state index contributed by atoms with van der Waals surface area (Å²) >= 11 is 3.30. The Morgan fingerprint density at radius 1 is 1.33 bits per heavy atom. The first kappa shape index (κ1) is 15.6. The van der Waals surface area contributed by atoms with Gasteiger partial charge in [-0.1, -0.05) is 35.0 Å². The highest BCUT2D eigenvalue weighted by molar-refractivity contribution is 9.08. The molecule has 4 nitrogen and oxygen atoms in total. The number of aliphatic hydroxyl groups is 1. The van der Waals surface area contributed by atoms with Crippen molar-refractivity contribution in [3.63, 3.8) is 0 Å². The minimum absolute atomic E-state index is 0.00598. The molecule has 0 aliphatic heterocycles. The zero-order chi connectivity index (χ0) is 13.8. The van der Waals surface area contributed by atoms with Crippen molar-refractivity contribution in [2.24, 2.45) is 0 Å². The maximum absolute atomic E-state index is 12.0. The van der Waals surface area contributed by atoms with Crippen LogP contribution in [0.5, 0.6) is 0 Å². The molecule has 102 valence electrons. The number of nitrogens with one attached hydrogen (secondary N) is 1. The largest absolute Gasteiger partial charge is 0.389 e. The summed E-state index contributed by atoms with van der Waals surface area (Å²) in [4.78, 5) is 0.208. The lowest BCUT2D eigenvalue weighted by atomic mass is 10.1. The molecule has 0 aliphatic rings. The number of hydrogen-bond acceptors (Lipinski definition) is 3. The zero-order valence-electron chi connectivity index (χ0n) is 10.5. The van der Waals surface area contributed by atoms with E-state index in [1.54, 1.807) is 38.1 Å². The summed E-state index contributed by atoms with van der Waals surface area (Å²) in [5.41, 5.74) is -0.0161. The van der Waals surface area contributed by atoms with Crippen molar-refractivity contribution in [2.75, 3.05) is 6.54 Å². The van der Waals surface area contributed by atoms with Gasteiger partial charge in [-0.15, -0.1) is 0 Å². The van der Waals surface area contributed by atoms with Crippen molar-refractivity contribution in [1.29, 1.82) is 0 Å². The molecule has 2 N–H and O–H groups in total. The van der Waals surface area contributed by atoms with E-state index >= 15 is 0 Å². The summed E-state index contributed by atoms with van der Waals surface area (Å²) in [6.45, 7) is 3.41. The highest BCUT2D eigenvalue weighted by atomic mass is 79.9. The summed E-state index contributed by atoms with van der Waals surface area (Å²) in [5, 5.41) is 10.5. The normalized spacial score (nSPS) is 15.3. The Bertz CT molecular complexity index is 483. The summed E-state index contributed by atoms with van der Waals surface area (Å²) in [5.74, 6) is 0. The molecule has 0 saturated carbocycles. The summed E-state index contributed by atoms with van der Waals surface area (Å²) in [6, 6.07) is 6.61. The number of alkyl halides is 1. The van der Waals surface area contributed by atoms with Gasteiger partial charge in [0.05, 0.1) is 10.5 Å². The molecule has 0 aromatic heterocycles. The molecule has 0 radical (unpaired) electrons. The predicted molar refractivity (Wildman–Crippen MR) is 75.2 cm³/mol. The second-order valence-corrected chi connectivity index (χ2v) is 6.78. The van der Waals surface area contributed by atoms with Gasteiger partial charge >= 0.3 is 0 Å². The molecule has 0 spiro atoms. The van der Waals surface area contributed by atoms with Gasteiger partial charge in [-0.05, 0) is 31.0 Å². The summed E-state index contributed by atoms with van der Waals surface area (Å²) in [7, 11) is -3.55. The molecular weight excluding hydrogens is 318 g/mol. The monoisotopic (exact) mass is 335 g/mol. The lowest BCUT2D eigenvalue weighted by Gasteiger charge is -2.21. The van der Waals surface area contributed by atoms with Crippen LogP contribution in [0.25, 0.3) is 0 Å². The quantitative estimate of drug-likeness (QED) is 0.781. The Kier molecular flexibility index (Phi) is 5.33. The predicted octanol–water partition coefficient (Wildman–Crippen LogP) is 2.02. The number of halogens is 1. The van der Waals surface area contributed by atoms with Crippen LogP contribution in [0, 0.1) is 0 Å². The molecule has 0 saturated heterocycles. The van der Waals surface area contributed by atoms with E-state index in [4.69, 9.17) is 0 Å². The number of benzene rings is 1. The molecule has 0 amide bonds. The molecule has 0 fully saturated rings. The Morgan fingerprint density at radius 2 is 1.89 bits per heavy atom. The molecule has 1 aromatic rings. The smallest absolute Gasteiger partial charge is 0.240 e. The van der Waals surface area contributed by atoms with Crippen molar-refractivity contribution >= 4 is 26.0 Å². The van der Waals surface area contributed by atoms with Crippen LogP contribution in [-0.4, -0.2) is 25.7 Å². The fourth-order valence-corrected chi connectivity index (χ4v) is 2.75. The summed E-state index contributed by atoms with van der Waals surface area (Å²) < 4.78 is 26.3. The second kappa shape index (κ2) is 6.14. The minimum atomic E-state index is -3.55. The van der Waals surface area contributed by atoms with Gasteiger partial charge in [-0.3, -0.25) is 0 Å². The van der Waals surface area contributed by atoms with Gasteiger partial charge in [0, 0.05) is 11.9 Å².